The highest BCUT2D eigenvalue weighted by Gasteiger charge is 2.11. The summed E-state index contributed by atoms with van der Waals surface area (Å²) < 4.78 is 27.7. The average Bonchev–Trinajstić information content (AvgIpc) is 2.26. The first kappa shape index (κ1) is 13.6. The zero-order chi connectivity index (χ0) is 12.0. The highest BCUT2D eigenvalue weighted by Crippen LogP contribution is 2.15. The Bertz CT molecular complexity index is 448. The smallest absolute Gasteiger partial charge is 0.204 e. The van der Waals surface area contributed by atoms with Gasteiger partial charge in [-0.05, 0) is 18.1 Å². The molecule has 0 unspecified atom stereocenters. The highest BCUT2D eigenvalue weighted by atomic mass is 32.2. The highest BCUT2D eigenvalue weighted by molar-refractivity contribution is 8.38. The molecule has 3 nitrogen and oxygen atoms in total. The van der Waals surface area contributed by atoms with Crippen LogP contribution in [0.1, 0.15) is 5.56 Å². The van der Waals surface area contributed by atoms with E-state index in [0.717, 1.165) is 5.56 Å². The van der Waals surface area contributed by atoms with Crippen molar-refractivity contribution in [1.29, 1.82) is 0 Å². The molecule has 0 aliphatic carbocycles. The number of rotatable bonds is 3. The minimum absolute atomic E-state index is 0.0432. The normalized spacial score (nSPS) is 11.1. The molecule has 0 saturated carbocycles. The van der Waals surface area contributed by atoms with Crippen LogP contribution in [0.2, 0.25) is 0 Å². The van der Waals surface area contributed by atoms with E-state index >= 15 is 0 Å². The third-order valence-corrected chi connectivity index (χ3v) is 5.03. The summed E-state index contributed by atoms with van der Waals surface area (Å²) >= 11 is 2.68. The van der Waals surface area contributed by atoms with Gasteiger partial charge in [0.1, 0.15) is 4.38 Å². The number of hydrogen-bond acceptors (Lipinski definition) is 4. The maximum atomic E-state index is 11.7. The van der Waals surface area contributed by atoms with Gasteiger partial charge in [-0.1, -0.05) is 30.3 Å². The van der Waals surface area contributed by atoms with E-state index in [1.165, 1.54) is 23.5 Å². The first-order valence-corrected chi connectivity index (χ1v) is 8.58. The second-order valence-electron chi connectivity index (χ2n) is 2.98. The van der Waals surface area contributed by atoms with Gasteiger partial charge in [0, 0.05) is 0 Å². The van der Waals surface area contributed by atoms with Crippen molar-refractivity contribution in [2.75, 3.05) is 12.5 Å². The molecule has 0 heterocycles. The van der Waals surface area contributed by atoms with Crippen LogP contribution in [-0.2, 0) is 15.8 Å². The summed E-state index contributed by atoms with van der Waals surface area (Å²) in [6, 6.07) is 9.06. The predicted octanol–water partition coefficient (Wildman–Crippen LogP) is 2.60. The third kappa shape index (κ3) is 4.59. The predicted molar refractivity (Wildman–Crippen MR) is 73.5 cm³/mol. The van der Waals surface area contributed by atoms with Gasteiger partial charge < -0.3 is 0 Å². The Labute approximate surface area is 105 Å². The topological polar surface area (TPSA) is 46.5 Å². The lowest BCUT2D eigenvalue weighted by Gasteiger charge is -2.01. The number of nitrogens with zero attached hydrogens (tertiary/aromatic N) is 1. The lowest BCUT2D eigenvalue weighted by molar-refractivity contribution is 0.597. The third-order valence-electron chi connectivity index (χ3n) is 1.75. The fourth-order valence-electron chi connectivity index (χ4n) is 1.09. The summed E-state index contributed by atoms with van der Waals surface area (Å²) in [6.07, 6.45) is 3.63. The van der Waals surface area contributed by atoms with E-state index in [0.29, 0.717) is 4.38 Å². The summed E-state index contributed by atoms with van der Waals surface area (Å²) in [6.45, 7) is 0. The van der Waals surface area contributed by atoms with Crippen LogP contribution in [0, 0.1) is 0 Å². The largest absolute Gasteiger partial charge is 0.258 e. The lowest BCUT2D eigenvalue weighted by atomic mass is 10.2. The van der Waals surface area contributed by atoms with Crippen molar-refractivity contribution in [3.8, 4) is 0 Å². The van der Waals surface area contributed by atoms with E-state index in [9.17, 15) is 8.42 Å². The molecule has 0 atom stereocenters. The van der Waals surface area contributed by atoms with Crippen molar-refractivity contribution < 1.29 is 8.42 Å². The summed E-state index contributed by atoms with van der Waals surface area (Å²) in [5.41, 5.74) is 0.757. The minimum atomic E-state index is -3.41. The Morgan fingerprint density at radius 2 is 1.75 bits per heavy atom. The van der Waals surface area contributed by atoms with Gasteiger partial charge in [0.2, 0.25) is 0 Å². The van der Waals surface area contributed by atoms with Crippen LogP contribution in [-0.4, -0.2) is 25.3 Å². The standard InChI is InChI=1S/C10H13NO2S3/c1-14-10(15-2)11-16(12,13)8-9-6-4-3-5-7-9/h3-7H,8H2,1-2H3. The van der Waals surface area contributed by atoms with E-state index in [1.807, 2.05) is 30.7 Å². The summed E-state index contributed by atoms with van der Waals surface area (Å²) in [5, 5.41) is 0. The van der Waals surface area contributed by atoms with Gasteiger partial charge in [-0.3, -0.25) is 0 Å². The SMILES string of the molecule is CSC(=NS(=O)(=O)Cc1ccccc1)SC. The molecule has 0 N–H and O–H groups in total. The molecule has 6 heteroatoms. The lowest BCUT2D eigenvalue weighted by Crippen LogP contribution is -2.02. The number of thioether (sulfide) groups is 2. The molecule has 0 aliphatic rings. The van der Waals surface area contributed by atoms with Gasteiger partial charge in [-0.25, -0.2) is 8.42 Å². The van der Waals surface area contributed by atoms with Crippen LogP contribution in [0.3, 0.4) is 0 Å². The first-order chi connectivity index (χ1) is 7.57. The minimum Gasteiger partial charge on any atom is -0.204 e. The molecule has 1 rings (SSSR count). The zero-order valence-corrected chi connectivity index (χ0v) is 11.5. The van der Waals surface area contributed by atoms with Crippen LogP contribution >= 0.6 is 23.5 Å². The molecule has 0 aliphatic heterocycles. The van der Waals surface area contributed by atoms with E-state index in [1.54, 1.807) is 12.1 Å². The van der Waals surface area contributed by atoms with E-state index in [-0.39, 0.29) is 5.75 Å². The monoisotopic (exact) mass is 275 g/mol. The fourth-order valence-corrected chi connectivity index (χ4v) is 3.94. The maximum absolute atomic E-state index is 11.7. The van der Waals surface area contributed by atoms with Gasteiger partial charge in [0.15, 0.2) is 0 Å². The van der Waals surface area contributed by atoms with Crippen LogP contribution in [0.5, 0.6) is 0 Å². The van der Waals surface area contributed by atoms with Crippen LogP contribution in [0.15, 0.2) is 34.7 Å². The van der Waals surface area contributed by atoms with Crippen LogP contribution in [0.25, 0.3) is 0 Å². The Kier molecular flexibility index (Phi) is 5.37. The molecule has 0 fully saturated rings. The molecular formula is C10H13NO2S3. The number of sulfonamides is 1. The maximum Gasteiger partial charge on any atom is 0.258 e. The molecular weight excluding hydrogens is 262 g/mol. The summed E-state index contributed by atoms with van der Waals surface area (Å²) in [7, 11) is -3.41. The molecule has 0 bridgehead atoms. The van der Waals surface area contributed by atoms with Gasteiger partial charge in [0.05, 0.1) is 5.75 Å². The van der Waals surface area contributed by atoms with Crippen molar-refractivity contribution in [1.82, 2.24) is 0 Å². The van der Waals surface area contributed by atoms with Crippen LogP contribution < -0.4 is 0 Å². The second-order valence-corrected chi connectivity index (χ2v) is 6.46. The van der Waals surface area contributed by atoms with Crippen molar-refractivity contribution in [2.24, 2.45) is 4.40 Å². The first-order valence-electron chi connectivity index (χ1n) is 4.52. The van der Waals surface area contributed by atoms with Crippen LogP contribution in [0.4, 0.5) is 0 Å². The summed E-state index contributed by atoms with van der Waals surface area (Å²) in [5.74, 6) is -0.0432. The molecule has 1 aromatic rings. The Balaban J connectivity index is 2.85. The molecule has 1 aromatic carbocycles. The molecule has 0 amide bonds. The van der Waals surface area contributed by atoms with Crippen molar-refractivity contribution >= 4 is 37.9 Å². The van der Waals surface area contributed by atoms with E-state index in [4.69, 9.17) is 0 Å². The number of benzene rings is 1. The molecule has 0 spiro atoms. The Morgan fingerprint density at radius 3 is 2.25 bits per heavy atom. The second kappa shape index (κ2) is 6.32. The van der Waals surface area contributed by atoms with Gasteiger partial charge in [0.25, 0.3) is 10.0 Å². The number of hydrogen-bond donors (Lipinski definition) is 0. The van der Waals surface area contributed by atoms with Crippen molar-refractivity contribution in [2.45, 2.75) is 5.75 Å². The van der Waals surface area contributed by atoms with Gasteiger partial charge >= 0.3 is 0 Å². The van der Waals surface area contributed by atoms with E-state index < -0.39 is 10.0 Å². The van der Waals surface area contributed by atoms with Gasteiger partial charge in [-0.15, -0.1) is 27.9 Å². The van der Waals surface area contributed by atoms with Gasteiger partial charge in [-0.2, -0.15) is 0 Å². The quantitative estimate of drug-likeness (QED) is 0.628. The fraction of sp³-hybridized carbons (Fsp3) is 0.300. The Hall–Kier alpha value is -0.460. The summed E-state index contributed by atoms with van der Waals surface area (Å²) in [4.78, 5) is 0. The van der Waals surface area contributed by atoms with Crippen molar-refractivity contribution in [3.63, 3.8) is 0 Å². The van der Waals surface area contributed by atoms with E-state index in [2.05, 4.69) is 4.40 Å². The molecule has 88 valence electrons. The van der Waals surface area contributed by atoms with Crippen molar-refractivity contribution in [3.05, 3.63) is 35.9 Å². The molecule has 0 radical (unpaired) electrons. The molecule has 16 heavy (non-hydrogen) atoms. The average molecular weight is 275 g/mol. The zero-order valence-electron chi connectivity index (χ0n) is 9.08. The Morgan fingerprint density at radius 1 is 1.19 bits per heavy atom. The molecule has 0 saturated heterocycles. The molecule has 0 aromatic heterocycles.